The quantitative estimate of drug-likeness (QED) is 0.362. The van der Waals surface area contributed by atoms with Crippen LogP contribution in [0, 0.1) is 25.5 Å². The highest BCUT2D eigenvalue weighted by atomic mass is 35.5. The Kier molecular flexibility index (Phi) is 6.93. The van der Waals surface area contributed by atoms with Gasteiger partial charge in [-0.25, -0.2) is 13.8 Å². The smallest absolute Gasteiger partial charge is 0.277 e. The zero-order chi connectivity index (χ0) is 26.2. The Bertz CT molecular complexity index is 1510. The molecule has 0 unspecified atom stereocenters. The molecule has 3 aromatic heterocycles. The SMILES string of the molecule is Cc1ccc(-c2cccc(C(C)(C)O)n2)cc1-n1c(C)cc(OCc2ncc(F)cc2F)c(Cl)c1=O. The Morgan fingerprint density at radius 2 is 1.86 bits per heavy atom. The van der Waals surface area contributed by atoms with Crippen LogP contribution in [-0.4, -0.2) is 19.6 Å². The van der Waals surface area contributed by atoms with Crippen LogP contribution in [0.25, 0.3) is 16.9 Å². The van der Waals surface area contributed by atoms with E-state index in [-0.39, 0.29) is 23.1 Å². The summed E-state index contributed by atoms with van der Waals surface area (Å²) in [6.45, 7) is 6.59. The highest BCUT2D eigenvalue weighted by Crippen LogP contribution is 2.29. The van der Waals surface area contributed by atoms with E-state index in [9.17, 15) is 18.7 Å². The highest BCUT2D eigenvalue weighted by molar-refractivity contribution is 6.31. The molecule has 186 valence electrons. The molecule has 0 aliphatic carbocycles. The van der Waals surface area contributed by atoms with Crippen molar-refractivity contribution in [3.05, 3.63) is 104 Å². The number of ether oxygens (including phenoxy) is 1. The summed E-state index contributed by atoms with van der Waals surface area (Å²) in [6.07, 6.45) is 0.883. The average molecular weight is 512 g/mol. The van der Waals surface area contributed by atoms with Crippen LogP contribution in [0.3, 0.4) is 0 Å². The lowest BCUT2D eigenvalue weighted by atomic mass is 10.0. The van der Waals surface area contributed by atoms with Gasteiger partial charge in [0.15, 0.2) is 5.82 Å². The van der Waals surface area contributed by atoms with Gasteiger partial charge in [-0.05, 0) is 51.5 Å². The van der Waals surface area contributed by atoms with Gasteiger partial charge in [-0.1, -0.05) is 29.8 Å². The molecule has 36 heavy (non-hydrogen) atoms. The standard InChI is InChI=1S/C27H24ClF2N3O3/c1-15-8-9-17(20-6-5-7-24(32-20)27(3,4)35)11-22(15)33-16(2)10-23(25(28)26(33)34)36-14-21-19(30)12-18(29)13-31-21/h5-13,35H,14H2,1-4H3. The third kappa shape index (κ3) is 5.15. The van der Waals surface area contributed by atoms with Crippen molar-refractivity contribution in [2.45, 2.75) is 39.9 Å². The third-order valence-corrected chi connectivity index (χ3v) is 6.02. The molecule has 0 aliphatic heterocycles. The molecule has 0 fully saturated rings. The van der Waals surface area contributed by atoms with Crippen LogP contribution in [0.15, 0.2) is 59.5 Å². The van der Waals surface area contributed by atoms with Crippen molar-refractivity contribution in [3.63, 3.8) is 0 Å². The van der Waals surface area contributed by atoms with Crippen LogP contribution >= 0.6 is 11.6 Å². The van der Waals surface area contributed by atoms with Crippen LogP contribution in [-0.2, 0) is 12.2 Å². The molecular weight excluding hydrogens is 488 g/mol. The molecule has 0 bridgehead atoms. The van der Waals surface area contributed by atoms with Gasteiger partial charge in [-0.2, -0.15) is 0 Å². The second kappa shape index (κ2) is 9.79. The fraction of sp³-hybridized carbons (Fsp3) is 0.222. The summed E-state index contributed by atoms with van der Waals surface area (Å²) in [6, 6.07) is 13.3. The molecule has 0 amide bonds. The molecule has 0 radical (unpaired) electrons. The summed E-state index contributed by atoms with van der Waals surface area (Å²) < 4.78 is 34.0. The van der Waals surface area contributed by atoms with E-state index in [1.807, 2.05) is 37.3 Å². The number of rotatable bonds is 6. The summed E-state index contributed by atoms with van der Waals surface area (Å²) in [5, 5.41) is 10.1. The number of hydrogen-bond acceptors (Lipinski definition) is 5. The topological polar surface area (TPSA) is 77.2 Å². The van der Waals surface area contributed by atoms with Crippen LogP contribution in [0.4, 0.5) is 8.78 Å². The van der Waals surface area contributed by atoms with Gasteiger partial charge in [0.25, 0.3) is 5.56 Å². The average Bonchev–Trinajstić information content (AvgIpc) is 2.82. The number of pyridine rings is 3. The second-order valence-electron chi connectivity index (χ2n) is 8.94. The van der Waals surface area contributed by atoms with Gasteiger partial charge >= 0.3 is 0 Å². The van der Waals surface area contributed by atoms with Gasteiger partial charge in [0.05, 0.1) is 23.3 Å². The summed E-state index contributed by atoms with van der Waals surface area (Å²) in [7, 11) is 0. The lowest BCUT2D eigenvalue weighted by Gasteiger charge is -2.19. The first-order chi connectivity index (χ1) is 17.0. The molecule has 4 rings (SSSR count). The minimum atomic E-state index is -1.10. The maximum atomic E-state index is 13.9. The largest absolute Gasteiger partial charge is 0.485 e. The van der Waals surface area contributed by atoms with Crippen molar-refractivity contribution in [2.75, 3.05) is 0 Å². The fourth-order valence-corrected chi connectivity index (χ4v) is 3.92. The number of nitrogens with zero attached hydrogens (tertiary/aromatic N) is 3. The predicted molar refractivity (Wildman–Crippen MR) is 133 cm³/mol. The zero-order valence-electron chi connectivity index (χ0n) is 20.1. The molecule has 0 atom stereocenters. The molecular formula is C27H24ClF2N3O3. The first kappa shape index (κ1) is 25.5. The van der Waals surface area contributed by atoms with E-state index in [0.29, 0.717) is 28.8 Å². The first-order valence-electron chi connectivity index (χ1n) is 11.1. The first-order valence-corrected chi connectivity index (χ1v) is 11.5. The Morgan fingerprint density at radius 1 is 1.11 bits per heavy atom. The second-order valence-corrected chi connectivity index (χ2v) is 9.32. The van der Waals surface area contributed by atoms with Gasteiger partial charge in [0.1, 0.15) is 34.5 Å². The van der Waals surface area contributed by atoms with Crippen molar-refractivity contribution in [2.24, 2.45) is 0 Å². The molecule has 3 heterocycles. The lowest BCUT2D eigenvalue weighted by Crippen LogP contribution is -2.22. The molecule has 1 N–H and O–H groups in total. The van der Waals surface area contributed by atoms with Crippen molar-refractivity contribution >= 4 is 11.6 Å². The van der Waals surface area contributed by atoms with Gasteiger partial charge in [-0.15, -0.1) is 0 Å². The summed E-state index contributed by atoms with van der Waals surface area (Å²) in [5.41, 5.74) is 2.14. The van der Waals surface area contributed by atoms with Gasteiger partial charge in [0.2, 0.25) is 0 Å². The Hall–Kier alpha value is -3.62. The number of aromatic nitrogens is 3. The van der Waals surface area contributed by atoms with Gasteiger partial charge in [-0.3, -0.25) is 14.3 Å². The summed E-state index contributed by atoms with van der Waals surface area (Å²) in [4.78, 5) is 21.5. The Labute approximate surface area is 211 Å². The van der Waals surface area contributed by atoms with E-state index in [4.69, 9.17) is 16.3 Å². The number of hydrogen-bond donors (Lipinski definition) is 1. The van der Waals surface area contributed by atoms with Crippen molar-refractivity contribution in [1.82, 2.24) is 14.5 Å². The summed E-state index contributed by atoms with van der Waals surface area (Å²) in [5.74, 6) is -1.59. The predicted octanol–water partition coefficient (Wildman–Crippen LogP) is 5.65. The normalized spacial score (nSPS) is 11.6. The van der Waals surface area contributed by atoms with Crippen LogP contribution in [0.5, 0.6) is 5.75 Å². The molecule has 9 heteroatoms. The van der Waals surface area contributed by atoms with E-state index < -0.39 is 22.8 Å². The molecule has 0 saturated carbocycles. The monoisotopic (exact) mass is 511 g/mol. The number of halogens is 3. The van der Waals surface area contributed by atoms with Gasteiger partial charge < -0.3 is 9.84 Å². The maximum Gasteiger partial charge on any atom is 0.277 e. The molecule has 4 aromatic rings. The zero-order valence-corrected chi connectivity index (χ0v) is 20.9. The van der Waals surface area contributed by atoms with E-state index in [1.54, 1.807) is 32.9 Å². The van der Waals surface area contributed by atoms with Crippen molar-refractivity contribution in [3.8, 4) is 22.7 Å². The van der Waals surface area contributed by atoms with Crippen LogP contribution in [0.1, 0.15) is 36.5 Å². The molecule has 0 aliphatic rings. The summed E-state index contributed by atoms with van der Waals surface area (Å²) >= 11 is 6.36. The Balaban J connectivity index is 1.72. The molecule has 1 aromatic carbocycles. The van der Waals surface area contributed by atoms with Crippen LogP contribution in [0.2, 0.25) is 5.02 Å². The number of benzene rings is 1. The highest BCUT2D eigenvalue weighted by Gasteiger charge is 2.20. The minimum Gasteiger partial charge on any atom is -0.485 e. The van der Waals surface area contributed by atoms with E-state index in [0.717, 1.165) is 17.3 Å². The number of aryl methyl sites for hydroxylation is 2. The maximum absolute atomic E-state index is 13.9. The van der Waals surface area contributed by atoms with Gasteiger partial charge in [0, 0.05) is 23.4 Å². The molecule has 0 saturated heterocycles. The van der Waals surface area contributed by atoms with Crippen molar-refractivity contribution in [1.29, 1.82) is 0 Å². The number of aliphatic hydroxyl groups is 1. The van der Waals surface area contributed by atoms with Crippen LogP contribution < -0.4 is 10.3 Å². The molecule has 0 spiro atoms. The van der Waals surface area contributed by atoms with E-state index in [1.165, 1.54) is 4.57 Å². The van der Waals surface area contributed by atoms with Crippen molar-refractivity contribution < 1.29 is 18.6 Å². The van der Waals surface area contributed by atoms with E-state index >= 15 is 0 Å². The Morgan fingerprint density at radius 3 is 2.56 bits per heavy atom. The molecule has 6 nitrogen and oxygen atoms in total. The lowest BCUT2D eigenvalue weighted by molar-refractivity contribution is 0.0740. The van der Waals surface area contributed by atoms with E-state index in [2.05, 4.69) is 9.97 Å². The minimum absolute atomic E-state index is 0.0642. The fourth-order valence-electron chi connectivity index (χ4n) is 3.73. The third-order valence-electron chi connectivity index (χ3n) is 5.67.